The van der Waals surface area contributed by atoms with Gasteiger partial charge in [0.2, 0.25) is 0 Å². The van der Waals surface area contributed by atoms with Gasteiger partial charge in [-0.2, -0.15) is 5.10 Å². The fourth-order valence-electron chi connectivity index (χ4n) is 6.20. The largest absolute Gasteiger partial charge is 0.353 e. The summed E-state index contributed by atoms with van der Waals surface area (Å²) in [6, 6.07) is 6.21. The van der Waals surface area contributed by atoms with Crippen LogP contribution < -0.4 is 10.9 Å². The number of hydrogen-bond acceptors (Lipinski definition) is 3. The molecule has 1 heterocycles. The Kier molecular flexibility index (Phi) is 3.91. The zero-order valence-electron chi connectivity index (χ0n) is 16.0. The summed E-state index contributed by atoms with van der Waals surface area (Å²) >= 11 is 6.54. The maximum atomic E-state index is 13.2. The fraction of sp³-hybridized carbons (Fsp3) is 0.545. The first-order chi connectivity index (χ1) is 12.9. The minimum atomic E-state index is -0.145. The number of anilines is 2. The number of aryl methyl sites for hydroxylation is 2. The van der Waals surface area contributed by atoms with Gasteiger partial charge in [0.15, 0.2) is 0 Å². The van der Waals surface area contributed by atoms with Gasteiger partial charge in [-0.05, 0) is 87.3 Å². The fourth-order valence-corrected chi connectivity index (χ4v) is 6.37. The molecule has 1 aromatic carbocycles. The van der Waals surface area contributed by atoms with Crippen molar-refractivity contribution in [3.05, 3.63) is 50.9 Å². The van der Waals surface area contributed by atoms with Crippen LogP contribution in [0.1, 0.15) is 49.7 Å². The minimum Gasteiger partial charge on any atom is -0.353 e. The van der Waals surface area contributed by atoms with Crippen LogP contribution in [0, 0.1) is 31.6 Å². The number of benzene rings is 1. The van der Waals surface area contributed by atoms with E-state index < -0.39 is 0 Å². The normalized spacial score (nSPS) is 31.3. The second-order valence-corrected chi connectivity index (χ2v) is 9.55. The van der Waals surface area contributed by atoms with E-state index in [9.17, 15) is 4.79 Å². The number of aromatic nitrogens is 2. The molecular weight excluding hydrogens is 358 g/mol. The van der Waals surface area contributed by atoms with E-state index >= 15 is 0 Å². The summed E-state index contributed by atoms with van der Waals surface area (Å²) < 4.78 is 1.74. The molecule has 0 unspecified atom stereocenters. The number of hydrogen-bond donors (Lipinski definition) is 1. The van der Waals surface area contributed by atoms with Crippen molar-refractivity contribution in [2.75, 3.05) is 5.32 Å². The predicted octanol–water partition coefficient (Wildman–Crippen LogP) is 5.18. The van der Waals surface area contributed by atoms with Crippen LogP contribution in [0.15, 0.2) is 29.2 Å². The van der Waals surface area contributed by atoms with Gasteiger partial charge in [0, 0.05) is 5.69 Å². The summed E-state index contributed by atoms with van der Waals surface area (Å²) in [7, 11) is 0. The molecule has 0 radical (unpaired) electrons. The molecule has 5 heteroatoms. The molecule has 0 atom stereocenters. The number of halogens is 1. The highest BCUT2D eigenvalue weighted by atomic mass is 35.5. The van der Waals surface area contributed by atoms with Crippen LogP contribution in [-0.4, -0.2) is 9.78 Å². The lowest BCUT2D eigenvalue weighted by molar-refractivity contribution is -0.0518. The second-order valence-electron chi connectivity index (χ2n) is 9.17. The van der Waals surface area contributed by atoms with Gasteiger partial charge in [-0.25, -0.2) is 4.68 Å². The van der Waals surface area contributed by atoms with Crippen molar-refractivity contribution in [1.82, 2.24) is 9.78 Å². The average molecular weight is 384 g/mol. The smallest absolute Gasteiger partial charge is 0.288 e. The van der Waals surface area contributed by atoms with Gasteiger partial charge in [0.1, 0.15) is 5.02 Å². The van der Waals surface area contributed by atoms with Crippen LogP contribution in [0.3, 0.4) is 0 Å². The standard InChI is InChI=1S/C22H26ClN3O/c1-13-3-4-14(2)18(5-13)25-19-12-24-26(21(27)20(19)23)22-9-15-6-16(10-22)8-17(7-15)11-22/h3-5,12,15-17,25H,6-11H2,1-2H3. The summed E-state index contributed by atoms with van der Waals surface area (Å²) in [4.78, 5) is 13.2. The van der Waals surface area contributed by atoms with Crippen LogP contribution in [0.25, 0.3) is 0 Å². The van der Waals surface area contributed by atoms with Crippen molar-refractivity contribution < 1.29 is 0 Å². The summed E-state index contributed by atoms with van der Waals surface area (Å²) in [5.74, 6) is 2.28. The molecule has 2 aromatic rings. The molecule has 1 N–H and O–H groups in total. The van der Waals surface area contributed by atoms with Crippen LogP contribution >= 0.6 is 11.6 Å². The predicted molar refractivity (Wildman–Crippen MR) is 109 cm³/mol. The Morgan fingerprint density at radius 2 is 1.70 bits per heavy atom. The van der Waals surface area contributed by atoms with Gasteiger partial charge in [-0.1, -0.05) is 23.7 Å². The molecule has 0 saturated heterocycles. The third kappa shape index (κ3) is 2.80. The molecule has 4 fully saturated rings. The number of nitrogens with zero attached hydrogens (tertiary/aromatic N) is 2. The molecule has 142 valence electrons. The van der Waals surface area contributed by atoms with Crippen molar-refractivity contribution in [2.45, 2.75) is 57.9 Å². The minimum absolute atomic E-state index is 0.104. The van der Waals surface area contributed by atoms with Crippen molar-refractivity contribution in [3.8, 4) is 0 Å². The van der Waals surface area contributed by atoms with E-state index in [-0.39, 0.29) is 16.1 Å². The SMILES string of the molecule is Cc1ccc(C)c(Nc2cnn(C34CC5CC(CC(C5)C3)C4)c(=O)c2Cl)c1. The quantitative estimate of drug-likeness (QED) is 0.794. The van der Waals surface area contributed by atoms with Crippen molar-refractivity contribution in [2.24, 2.45) is 17.8 Å². The van der Waals surface area contributed by atoms with Gasteiger partial charge >= 0.3 is 0 Å². The van der Waals surface area contributed by atoms with Crippen LogP contribution in [-0.2, 0) is 5.54 Å². The van der Waals surface area contributed by atoms with E-state index in [1.54, 1.807) is 10.9 Å². The molecule has 27 heavy (non-hydrogen) atoms. The van der Waals surface area contributed by atoms with Crippen LogP contribution in [0.5, 0.6) is 0 Å². The van der Waals surface area contributed by atoms with Gasteiger partial charge < -0.3 is 5.32 Å². The lowest BCUT2D eigenvalue weighted by Crippen LogP contribution is -2.55. The van der Waals surface area contributed by atoms with E-state index in [0.717, 1.165) is 53.8 Å². The highest BCUT2D eigenvalue weighted by molar-refractivity contribution is 6.33. The van der Waals surface area contributed by atoms with E-state index in [1.807, 2.05) is 6.92 Å². The molecular formula is C22H26ClN3O. The molecule has 4 bridgehead atoms. The molecule has 4 nitrogen and oxygen atoms in total. The molecule has 4 aliphatic rings. The second kappa shape index (κ2) is 6.10. The lowest BCUT2D eigenvalue weighted by atomic mass is 9.53. The van der Waals surface area contributed by atoms with Gasteiger partial charge in [-0.15, -0.1) is 0 Å². The maximum absolute atomic E-state index is 13.2. The van der Waals surface area contributed by atoms with Gasteiger partial charge in [-0.3, -0.25) is 4.79 Å². The topological polar surface area (TPSA) is 46.9 Å². The Morgan fingerprint density at radius 3 is 2.33 bits per heavy atom. The monoisotopic (exact) mass is 383 g/mol. The average Bonchev–Trinajstić information content (AvgIpc) is 2.61. The zero-order valence-corrected chi connectivity index (χ0v) is 16.7. The Labute approximate surface area is 164 Å². The van der Waals surface area contributed by atoms with E-state index in [4.69, 9.17) is 11.6 Å². The first-order valence-corrected chi connectivity index (χ1v) is 10.4. The van der Waals surface area contributed by atoms with Crippen molar-refractivity contribution in [3.63, 3.8) is 0 Å². The molecule has 4 aliphatic carbocycles. The highest BCUT2D eigenvalue weighted by Gasteiger charge is 2.53. The molecule has 1 aromatic heterocycles. The van der Waals surface area contributed by atoms with Crippen LogP contribution in [0.2, 0.25) is 5.02 Å². The summed E-state index contributed by atoms with van der Waals surface area (Å²) in [6.07, 6.45) is 9.03. The van der Waals surface area contributed by atoms with Crippen molar-refractivity contribution in [1.29, 1.82) is 0 Å². The first-order valence-electron chi connectivity index (χ1n) is 10.1. The van der Waals surface area contributed by atoms with Gasteiger partial charge in [0.05, 0.1) is 17.4 Å². The molecule has 0 aliphatic heterocycles. The Balaban J connectivity index is 1.51. The van der Waals surface area contributed by atoms with E-state index in [2.05, 4.69) is 35.5 Å². The number of rotatable bonds is 3. The van der Waals surface area contributed by atoms with E-state index in [1.165, 1.54) is 19.3 Å². The molecule has 0 amide bonds. The number of nitrogens with one attached hydrogen (secondary N) is 1. The van der Waals surface area contributed by atoms with E-state index in [0.29, 0.717) is 5.69 Å². The first kappa shape index (κ1) is 17.3. The summed E-state index contributed by atoms with van der Waals surface area (Å²) in [6.45, 7) is 4.09. The molecule has 6 rings (SSSR count). The van der Waals surface area contributed by atoms with Crippen LogP contribution in [0.4, 0.5) is 11.4 Å². The summed E-state index contributed by atoms with van der Waals surface area (Å²) in [5, 5.41) is 8.20. The van der Waals surface area contributed by atoms with Gasteiger partial charge in [0.25, 0.3) is 5.56 Å². The van der Waals surface area contributed by atoms with Crippen molar-refractivity contribution >= 4 is 23.0 Å². The highest BCUT2D eigenvalue weighted by Crippen LogP contribution is 2.58. The third-order valence-electron chi connectivity index (χ3n) is 7.04. The Hall–Kier alpha value is -1.81. The Morgan fingerprint density at radius 1 is 1.07 bits per heavy atom. The maximum Gasteiger partial charge on any atom is 0.288 e. The molecule has 0 spiro atoms. The third-order valence-corrected chi connectivity index (χ3v) is 7.40. The Bertz CT molecular complexity index is 929. The molecule has 4 saturated carbocycles. The zero-order chi connectivity index (χ0) is 18.8. The lowest BCUT2D eigenvalue weighted by Gasteiger charge is -2.56. The summed E-state index contributed by atoms with van der Waals surface area (Å²) in [5.41, 5.74) is 3.58.